The Bertz CT molecular complexity index is 502. The van der Waals surface area contributed by atoms with Crippen LogP contribution in [0, 0.1) is 0 Å². The third-order valence-corrected chi connectivity index (χ3v) is 4.36. The number of nitrogens with zero attached hydrogens (tertiary/aromatic N) is 1. The molecule has 1 aliphatic carbocycles. The summed E-state index contributed by atoms with van der Waals surface area (Å²) in [6, 6.07) is 8.51. The minimum Gasteiger partial charge on any atom is -0.490 e. The summed E-state index contributed by atoms with van der Waals surface area (Å²) in [5.74, 6) is 1.87. The third-order valence-electron chi connectivity index (χ3n) is 4.36. The predicted molar refractivity (Wildman–Crippen MR) is 119 cm³/mol. The lowest BCUT2D eigenvalue weighted by Crippen LogP contribution is -2.38. The van der Waals surface area contributed by atoms with E-state index in [1.165, 1.54) is 31.2 Å². The van der Waals surface area contributed by atoms with Crippen molar-refractivity contribution in [3.8, 4) is 5.75 Å². The van der Waals surface area contributed by atoms with Crippen LogP contribution in [0.5, 0.6) is 5.75 Å². The van der Waals surface area contributed by atoms with Crippen molar-refractivity contribution < 1.29 is 9.47 Å². The fraction of sp³-hybridized carbons (Fsp3) is 0.650. The topological polar surface area (TPSA) is 54.9 Å². The molecule has 5 nitrogen and oxygen atoms in total. The van der Waals surface area contributed by atoms with E-state index in [2.05, 4.69) is 46.8 Å². The van der Waals surface area contributed by atoms with Crippen LogP contribution in [0.15, 0.2) is 29.3 Å². The molecule has 2 rings (SSSR count). The molecule has 148 valence electrons. The Morgan fingerprint density at radius 3 is 2.54 bits per heavy atom. The molecule has 0 unspecified atom stereocenters. The van der Waals surface area contributed by atoms with Gasteiger partial charge >= 0.3 is 0 Å². The summed E-state index contributed by atoms with van der Waals surface area (Å²) in [6.07, 6.45) is 7.32. The maximum Gasteiger partial charge on any atom is 0.191 e. The van der Waals surface area contributed by atoms with Crippen molar-refractivity contribution in [3.63, 3.8) is 0 Å². The van der Waals surface area contributed by atoms with Crippen molar-refractivity contribution in [2.24, 2.45) is 4.99 Å². The van der Waals surface area contributed by atoms with Gasteiger partial charge in [-0.15, -0.1) is 24.0 Å². The molecule has 0 amide bonds. The van der Waals surface area contributed by atoms with Crippen molar-refractivity contribution in [2.45, 2.75) is 51.6 Å². The lowest BCUT2D eigenvalue weighted by atomic mass is 10.1. The normalized spacial score (nSPS) is 14.8. The Morgan fingerprint density at radius 1 is 1.15 bits per heavy atom. The molecular formula is C20H34IN3O2. The van der Waals surface area contributed by atoms with Gasteiger partial charge in [0.25, 0.3) is 0 Å². The Morgan fingerprint density at radius 2 is 1.88 bits per heavy atom. The van der Waals surface area contributed by atoms with E-state index in [1.807, 2.05) is 0 Å². The number of rotatable bonds is 10. The average molecular weight is 475 g/mol. The van der Waals surface area contributed by atoms with Crippen molar-refractivity contribution in [3.05, 3.63) is 29.8 Å². The summed E-state index contributed by atoms with van der Waals surface area (Å²) < 4.78 is 11.1. The fourth-order valence-electron chi connectivity index (χ4n) is 3.00. The van der Waals surface area contributed by atoms with Crippen LogP contribution in [0.1, 0.15) is 44.6 Å². The van der Waals surface area contributed by atoms with Gasteiger partial charge in [-0.1, -0.05) is 12.1 Å². The summed E-state index contributed by atoms with van der Waals surface area (Å²) in [4.78, 5) is 4.55. The summed E-state index contributed by atoms with van der Waals surface area (Å²) in [7, 11) is 1.72. The van der Waals surface area contributed by atoms with E-state index < -0.39 is 0 Å². The SMILES string of the molecule is CCNC(=NCCCOC)NCCc1ccc(OC2CCCC2)cc1.I. The van der Waals surface area contributed by atoms with Crippen molar-refractivity contribution in [1.29, 1.82) is 0 Å². The first-order chi connectivity index (χ1) is 12.3. The summed E-state index contributed by atoms with van der Waals surface area (Å²) >= 11 is 0. The van der Waals surface area contributed by atoms with Gasteiger partial charge in [0.05, 0.1) is 6.10 Å². The van der Waals surface area contributed by atoms with Crippen molar-refractivity contribution >= 4 is 29.9 Å². The quantitative estimate of drug-likeness (QED) is 0.234. The Labute approximate surface area is 175 Å². The van der Waals surface area contributed by atoms with Gasteiger partial charge < -0.3 is 20.1 Å². The Balaban J connectivity index is 0.00000338. The molecule has 1 saturated carbocycles. The molecule has 0 spiro atoms. The molecule has 1 aromatic carbocycles. The monoisotopic (exact) mass is 475 g/mol. The number of benzene rings is 1. The number of aliphatic imine (C=N–C) groups is 1. The molecule has 26 heavy (non-hydrogen) atoms. The molecule has 0 bridgehead atoms. The number of halogens is 1. The molecule has 1 aromatic rings. The molecule has 0 saturated heterocycles. The number of hydrogen-bond donors (Lipinski definition) is 2. The highest BCUT2D eigenvalue weighted by molar-refractivity contribution is 14.0. The van der Waals surface area contributed by atoms with E-state index in [1.54, 1.807) is 7.11 Å². The number of hydrogen-bond acceptors (Lipinski definition) is 3. The molecule has 0 heterocycles. The van der Waals surface area contributed by atoms with E-state index in [4.69, 9.17) is 9.47 Å². The molecule has 0 aromatic heterocycles. The van der Waals surface area contributed by atoms with E-state index in [0.29, 0.717) is 6.10 Å². The second kappa shape index (κ2) is 14.1. The van der Waals surface area contributed by atoms with Gasteiger partial charge in [0.2, 0.25) is 0 Å². The van der Waals surface area contributed by atoms with Gasteiger partial charge in [-0.2, -0.15) is 0 Å². The van der Waals surface area contributed by atoms with Crippen LogP contribution in [0.2, 0.25) is 0 Å². The van der Waals surface area contributed by atoms with Crippen LogP contribution in [-0.2, 0) is 11.2 Å². The maximum atomic E-state index is 6.01. The van der Waals surface area contributed by atoms with E-state index in [0.717, 1.165) is 50.8 Å². The number of methoxy groups -OCH3 is 1. The van der Waals surface area contributed by atoms with Gasteiger partial charge in [0.15, 0.2) is 5.96 Å². The second-order valence-electron chi connectivity index (χ2n) is 6.45. The first-order valence-electron chi connectivity index (χ1n) is 9.58. The van der Waals surface area contributed by atoms with Crippen LogP contribution in [0.4, 0.5) is 0 Å². The minimum absolute atomic E-state index is 0. The highest BCUT2D eigenvalue weighted by Crippen LogP contribution is 2.24. The van der Waals surface area contributed by atoms with Gasteiger partial charge in [0.1, 0.15) is 5.75 Å². The standard InChI is InChI=1S/C20H33N3O2.HI/c1-3-21-20(22-14-6-16-24-2)23-15-13-17-9-11-19(12-10-17)25-18-7-4-5-8-18;/h9-12,18H,3-8,13-16H2,1-2H3,(H2,21,22,23);1H. The lowest BCUT2D eigenvalue weighted by Gasteiger charge is -2.14. The molecule has 1 aliphatic rings. The highest BCUT2D eigenvalue weighted by atomic mass is 127. The van der Waals surface area contributed by atoms with Crippen LogP contribution >= 0.6 is 24.0 Å². The second-order valence-corrected chi connectivity index (χ2v) is 6.45. The molecule has 1 fully saturated rings. The predicted octanol–water partition coefficient (Wildman–Crippen LogP) is 3.76. The van der Waals surface area contributed by atoms with Gasteiger partial charge in [-0.25, -0.2) is 0 Å². The van der Waals surface area contributed by atoms with Crippen LogP contribution in [0.3, 0.4) is 0 Å². The zero-order valence-electron chi connectivity index (χ0n) is 16.1. The minimum atomic E-state index is 0. The molecule has 2 N–H and O–H groups in total. The number of nitrogens with one attached hydrogen (secondary N) is 2. The highest BCUT2D eigenvalue weighted by Gasteiger charge is 2.16. The summed E-state index contributed by atoms with van der Waals surface area (Å²) in [5, 5.41) is 6.66. The van der Waals surface area contributed by atoms with Crippen LogP contribution in [0.25, 0.3) is 0 Å². The maximum absolute atomic E-state index is 6.01. The fourth-order valence-corrected chi connectivity index (χ4v) is 3.00. The average Bonchev–Trinajstić information content (AvgIpc) is 3.13. The molecular weight excluding hydrogens is 441 g/mol. The van der Waals surface area contributed by atoms with Crippen LogP contribution in [-0.4, -0.2) is 45.4 Å². The first kappa shape index (κ1) is 23.0. The molecule has 0 atom stereocenters. The zero-order valence-corrected chi connectivity index (χ0v) is 18.5. The molecule has 0 aliphatic heterocycles. The van der Waals surface area contributed by atoms with Gasteiger partial charge in [-0.3, -0.25) is 4.99 Å². The van der Waals surface area contributed by atoms with E-state index in [9.17, 15) is 0 Å². The Kier molecular flexibility index (Phi) is 12.5. The third kappa shape index (κ3) is 9.07. The first-order valence-corrected chi connectivity index (χ1v) is 9.58. The number of ether oxygens (including phenoxy) is 2. The van der Waals surface area contributed by atoms with Crippen molar-refractivity contribution in [2.75, 3.05) is 33.4 Å². The molecule has 6 heteroatoms. The van der Waals surface area contributed by atoms with E-state index >= 15 is 0 Å². The van der Waals surface area contributed by atoms with Crippen LogP contribution < -0.4 is 15.4 Å². The largest absolute Gasteiger partial charge is 0.490 e. The van der Waals surface area contributed by atoms with Gasteiger partial charge in [0, 0.05) is 33.4 Å². The summed E-state index contributed by atoms with van der Waals surface area (Å²) in [5.41, 5.74) is 1.31. The van der Waals surface area contributed by atoms with E-state index in [-0.39, 0.29) is 24.0 Å². The molecule has 0 radical (unpaired) electrons. The smallest absolute Gasteiger partial charge is 0.191 e. The Hall–Kier alpha value is -1.02. The number of guanidine groups is 1. The van der Waals surface area contributed by atoms with Crippen molar-refractivity contribution in [1.82, 2.24) is 10.6 Å². The zero-order chi connectivity index (χ0) is 17.7. The summed E-state index contributed by atoms with van der Waals surface area (Å²) in [6.45, 7) is 5.33. The lowest BCUT2D eigenvalue weighted by molar-refractivity contribution is 0.197. The van der Waals surface area contributed by atoms with Gasteiger partial charge in [-0.05, 0) is 63.1 Å².